The predicted molar refractivity (Wildman–Crippen MR) is 82.4 cm³/mol. The van der Waals surface area contributed by atoms with Crippen LogP contribution in [0.15, 0.2) is 12.1 Å². The van der Waals surface area contributed by atoms with Crippen molar-refractivity contribution in [3.8, 4) is 11.5 Å². The summed E-state index contributed by atoms with van der Waals surface area (Å²) in [6.07, 6.45) is 1.77. The molecule has 22 heavy (non-hydrogen) atoms. The molecule has 1 aromatic carbocycles. The van der Waals surface area contributed by atoms with Crippen molar-refractivity contribution >= 4 is 5.97 Å². The number of hydrogen-bond donors (Lipinski definition) is 1. The summed E-state index contributed by atoms with van der Waals surface area (Å²) in [4.78, 5) is 13.6. The number of nitrogens with zero attached hydrogens (tertiary/aromatic N) is 1. The highest BCUT2D eigenvalue weighted by Crippen LogP contribution is 2.38. The van der Waals surface area contributed by atoms with Gasteiger partial charge in [0.05, 0.1) is 12.5 Å². The third-order valence-electron chi connectivity index (χ3n) is 4.74. The van der Waals surface area contributed by atoms with E-state index in [1.807, 2.05) is 19.1 Å². The van der Waals surface area contributed by atoms with Crippen molar-refractivity contribution in [1.29, 1.82) is 0 Å². The summed E-state index contributed by atoms with van der Waals surface area (Å²) in [5, 5.41) is 9.36. The Balaban J connectivity index is 1.82. The highest BCUT2D eigenvalue weighted by molar-refractivity contribution is 5.74. The van der Waals surface area contributed by atoms with E-state index in [2.05, 4.69) is 11.8 Å². The second-order valence-electron chi connectivity index (χ2n) is 6.73. The molecule has 0 bridgehead atoms. The zero-order valence-corrected chi connectivity index (χ0v) is 13.4. The zero-order chi connectivity index (χ0) is 15.9. The molecule has 0 spiro atoms. The first-order valence-electron chi connectivity index (χ1n) is 7.73. The molecular formula is C17H23NO4. The van der Waals surface area contributed by atoms with Gasteiger partial charge in [0.25, 0.3) is 0 Å². The molecule has 1 N–H and O–H groups in total. The molecule has 5 heteroatoms. The van der Waals surface area contributed by atoms with Crippen LogP contribution >= 0.6 is 0 Å². The molecule has 5 nitrogen and oxygen atoms in total. The van der Waals surface area contributed by atoms with Crippen molar-refractivity contribution in [3.63, 3.8) is 0 Å². The van der Waals surface area contributed by atoms with E-state index < -0.39 is 11.4 Å². The van der Waals surface area contributed by atoms with Gasteiger partial charge in [0.1, 0.15) is 17.6 Å². The molecule has 1 saturated heterocycles. The number of benzene rings is 1. The summed E-state index contributed by atoms with van der Waals surface area (Å²) in [5.41, 5.74) is 1.63. The molecule has 2 heterocycles. The highest BCUT2D eigenvalue weighted by Gasteiger charge is 2.40. The van der Waals surface area contributed by atoms with Crippen LogP contribution in [-0.2, 0) is 17.8 Å². The van der Waals surface area contributed by atoms with E-state index in [0.717, 1.165) is 30.0 Å². The van der Waals surface area contributed by atoms with Crippen LogP contribution in [0, 0.1) is 5.41 Å². The third kappa shape index (κ3) is 2.65. The molecule has 3 rings (SSSR count). The molecular weight excluding hydrogens is 282 g/mol. The Kier molecular flexibility index (Phi) is 3.77. The van der Waals surface area contributed by atoms with Crippen LogP contribution in [-0.4, -0.2) is 42.3 Å². The molecule has 1 aromatic rings. The summed E-state index contributed by atoms with van der Waals surface area (Å²) in [5.74, 6) is 1.08. The molecule has 0 radical (unpaired) electrons. The zero-order valence-electron chi connectivity index (χ0n) is 13.4. The minimum Gasteiger partial charge on any atom is -0.497 e. The van der Waals surface area contributed by atoms with Crippen LogP contribution < -0.4 is 9.47 Å². The molecule has 0 aliphatic carbocycles. The fourth-order valence-electron chi connectivity index (χ4n) is 3.42. The van der Waals surface area contributed by atoms with Gasteiger partial charge in [-0.1, -0.05) is 0 Å². The number of ether oxygens (including phenoxy) is 2. The van der Waals surface area contributed by atoms with E-state index in [-0.39, 0.29) is 6.10 Å². The lowest BCUT2D eigenvalue weighted by Gasteiger charge is -2.21. The summed E-state index contributed by atoms with van der Waals surface area (Å²) < 4.78 is 11.3. The Bertz CT molecular complexity index is 601. The maximum Gasteiger partial charge on any atom is 0.310 e. The molecule has 0 saturated carbocycles. The number of carbonyl (C=O) groups is 1. The van der Waals surface area contributed by atoms with Crippen LogP contribution in [0.3, 0.4) is 0 Å². The molecule has 0 amide bonds. The quantitative estimate of drug-likeness (QED) is 0.925. The van der Waals surface area contributed by atoms with Crippen LogP contribution in [0.2, 0.25) is 0 Å². The minimum absolute atomic E-state index is 0.184. The number of methoxy groups -OCH3 is 1. The average Bonchev–Trinajstić information content (AvgIpc) is 3.02. The topological polar surface area (TPSA) is 59.0 Å². The van der Waals surface area contributed by atoms with Gasteiger partial charge >= 0.3 is 5.97 Å². The van der Waals surface area contributed by atoms with Crippen molar-refractivity contribution in [3.05, 3.63) is 23.3 Å². The Morgan fingerprint density at radius 2 is 2.32 bits per heavy atom. The standard InChI is InChI=1S/C17H23NO4/c1-11-6-12-7-14(21-3)8-13(15(12)22-11)9-18-5-4-17(2,10-18)16(19)20/h7-8,11H,4-6,9-10H2,1-3H3,(H,19,20). The normalized spacial score (nSPS) is 27.5. The van der Waals surface area contributed by atoms with Crippen molar-refractivity contribution in [1.82, 2.24) is 4.90 Å². The molecule has 0 aromatic heterocycles. The molecule has 2 aliphatic rings. The number of likely N-dealkylation sites (tertiary alicyclic amines) is 1. The van der Waals surface area contributed by atoms with Crippen LogP contribution in [0.1, 0.15) is 31.4 Å². The lowest BCUT2D eigenvalue weighted by molar-refractivity contribution is -0.147. The monoisotopic (exact) mass is 305 g/mol. The fourth-order valence-corrected chi connectivity index (χ4v) is 3.42. The fraction of sp³-hybridized carbons (Fsp3) is 0.588. The first-order chi connectivity index (χ1) is 10.4. The molecule has 120 valence electrons. The van der Waals surface area contributed by atoms with Crippen molar-refractivity contribution in [2.45, 2.75) is 39.3 Å². The van der Waals surface area contributed by atoms with Gasteiger partial charge < -0.3 is 14.6 Å². The Morgan fingerprint density at radius 3 is 2.95 bits per heavy atom. The van der Waals surface area contributed by atoms with Crippen LogP contribution in [0.25, 0.3) is 0 Å². The van der Waals surface area contributed by atoms with E-state index in [0.29, 0.717) is 19.5 Å². The minimum atomic E-state index is -0.712. The Morgan fingerprint density at radius 1 is 1.55 bits per heavy atom. The Labute approximate surface area is 130 Å². The number of hydrogen-bond acceptors (Lipinski definition) is 4. The lowest BCUT2D eigenvalue weighted by atomic mass is 9.90. The van der Waals surface area contributed by atoms with Crippen LogP contribution in [0.4, 0.5) is 0 Å². The Hall–Kier alpha value is -1.75. The number of aliphatic carboxylic acids is 1. The third-order valence-corrected chi connectivity index (χ3v) is 4.74. The van der Waals surface area contributed by atoms with Gasteiger partial charge in [0.15, 0.2) is 0 Å². The van der Waals surface area contributed by atoms with E-state index in [1.54, 1.807) is 7.11 Å². The van der Waals surface area contributed by atoms with E-state index in [9.17, 15) is 9.90 Å². The van der Waals surface area contributed by atoms with Crippen LogP contribution in [0.5, 0.6) is 11.5 Å². The van der Waals surface area contributed by atoms with Gasteiger partial charge in [-0.2, -0.15) is 0 Å². The van der Waals surface area contributed by atoms with Gasteiger partial charge in [-0.3, -0.25) is 9.69 Å². The van der Waals surface area contributed by atoms with Gasteiger partial charge in [-0.05, 0) is 38.9 Å². The highest BCUT2D eigenvalue weighted by atomic mass is 16.5. The summed E-state index contributed by atoms with van der Waals surface area (Å²) in [7, 11) is 1.67. The van der Waals surface area contributed by atoms with Gasteiger partial charge in [-0.15, -0.1) is 0 Å². The van der Waals surface area contributed by atoms with Gasteiger partial charge in [0, 0.05) is 30.6 Å². The molecule has 2 aliphatic heterocycles. The van der Waals surface area contributed by atoms with Crippen molar-refractivity contribution in [2.24, 2.45) is 5.41 Å². The second-order valence-corrected chi connectivity index (χ2v) is 6.73. The van der Waals surface area contributed by atoms with Crippen molar-refractivity contribution < 1.29 is 19.4 Å². The average molecular weight is 305 g/mol. The summed E-state index contributed by atoms with van der Waals surface area (Å²) in [6, 6.07) is 4.04. The molecule has 2 unspecified atom stereocenters. The van der Waals surface area contributed by atoms with E-state index in [1.165, 1.54) is 5.56 Å². The predicted octanol–water partition coefficient (Wildman–Crippen LogP) is 2.32. The van der Waals surface area contributed by atoms with Gasteiger partial charge in [-0.25, -0.2) is 0 Å². The number of carboxylic acids is 1. The smallest absolute Gasteiger partial charge is 0.310 e. The summed E-state index contributed by atoms with van der Waals surface area (Å²) >= 11 is 0. The molecule has 2 atom stereocenters. The second kappa shape index (κ2) is 5.47. The van der Waals surface area contributed by atoms with Crippen molar-refractivity contribution in [2.75, 3.05) is 20.2 Å². The first kappa shape index (κ1) is 15.2. The maximum atomic E-state index is 11.4. The first-order valence-corrected chi connectivity index (χ1v) is 7.73. The number of carboxylic acid groups (broad SMARTS) is 1. The van der Waals surface area contributed by atoms with E-state index >= 15 is 0 Å². The molecule has 1 fully saturated rings. The SMILES string of the molecule is COc1cc2c(c(CN3CCC(C)(C(=O)O)C3)c1)OC(C)C2. The van der Waals surface area contributed by atoms with Gasteiger partial charge in [0.2, 0.25) is 0 Å². The number of fused-ring (bicyclic) bond motifs is 1. The maximum absolute atomic E-state index is 11.4. The number of rotatable bonds is 4. The lowest BCUT2D eigenvalue weighted by Crippen LogP contribution is -2.31. The largest absolute Gasteiger partial charge is 0.497 e. The van der Waals surface area contributed by atoms with E-state index in [4.69, 9.17) is 9.47 Å². The summed E-state index contributed by atoms with van der Waals surface area (Å²) in [6.45, 7) is 5.96.